The molecule has 1 atom stereocenters. The van der Waals surface area contributed by atoms with Gasteiger partial charge in [-0.15, -0.1) is 0 Å². The molecule has 102 valence electrons. The number of nitrogens with one attached hydrogen (secondary N) is 1. The summed E-state index contributed by atoms with van der Waals surface area (Å²) in [6.07, 6.45) is 0. The normalized spacial score (nSPS) is 13.1. The van der Waals surface area contributed by atoms with Gasteiger partial charge in [-0.05, 0) is 38.7 Å². The van der Waals surface area contributed by atoms with E-state index in [0.717, 1.165) is 12.3 Å². The first-order chi connectivity index (χ1) is 8.51. The first-order valence-corrected chi connectivity index (χ1v) is 6.50. The number of rotatable bonds is 6. The number of benzene rings is 1. The molecular weight excluding hydrogens is 224 g/mol. The Morgan fingerprint density at radius 2 is 1.94 bits per heavy atom. The van der Waals surface area contributed by atoms with Crippen LogP contribution < -0.4 is 10.1 Å². The van der Waals surface area contributed by atoms with Crippen LogP contribution in [-0.4, -0.2) is 39.7 Å². The van der Waals surface area contributed by atoms with E-state index in [4.69, 9.17) is 4.74 Å². The molecule has 0 aliphatic carbocycles. The van der Waals surface area contributed by atoms with Gasteiger partial charge in [0.1, 0.15) is 5.75 Å². The van der Waals surface area contributed by atoms with Gasteiger partial charge in [-0.25, -0.2) is 0 Å². The molecule has 0 heterocycles. The third-order valence-corrected chi connectivity index (χ3v) is 3.30. The zero-order valence-corrected chi connectivity index (χ0v) is 12.4. The van der Waals surface area contributed by atoms with E-state index in [9.17, 15) is 0 Å². The van der Waals surface area contributed by atoms with E-state index in [1.807, 2.05) is 7.05 Å². The van der Waals surface area contributed by atoms with Crippen LogP contribution in [0.25, 0.3) is 0 Å². The lowest BCUT2D eigenvalue weighted by atomic mass is 9.97. The summed E-state index contributed by atoms with van der Waals surface area (Å²) < 4.78 is 5.56. The van der Waals surface area contributed by atoms with Crippen LogP contribution >= 0.6 is 0 Å². The van der Waals surface area contributed by atoms with E-state index in [0.29, 0.717) is 12.0 Å². The Kier molecular flexibility index (Phi) is 5.63. The molecule has 3 heteroatoms. The first-order valence-electron chi connectivity index (χ1n) is 6.50. The highest BCUT2D eigenvalue weighted by molar-refractivity contribution is 5.41. The third kappa shape index (κ3) is 3.47. The summed E-state index contributed by atoms with van der Waals surface area (Å²) in [6.45, 7) is 5.31. The smallest absolute Gasteiger partial charge is 0.123 e. The topological polar surface area (TPSA) is 24.5 Å². The Morgan fingerprint density at radius 1 is 1.28 bits per heavy atom. The Hall–Kier alpha value is -1.06. The van der Waals surface area contributed by atoms with Crippen molar-refractivity contribution in [3.05, 3.63) is 29.3 Å². The highest BCUT2D eigenvalue weighted by Gasteiger charge is 2.18. The monoisotopic (exact) mass is 250 g/mol. The van der Waals surface area contributed by atoms with Crippen LogP contribution in [0.1, 0.15) is 36.9 Å². The molecule has 0 aromatic heterocycles. The van der Waals surface area contributed by atoms with E-state index in [1.165, 1.54) is 11.1 Å². The van der Waals surface area contributed by atoms with Crippen molar-refractivity contribution in [2.75, 3.05) is 34.8 Å². The number of hydrogen-bond donors (Lipinski definition) is 1. The lowest BCUT2D eigenvalue weighted by Crippen LogP contribution is -2.29. The van der Waals surface area contributed by atoms with Gasteiger partial charge in [0, 0.05) is 12.1 Å². The van der Waals surface area contributed by atoms with Gasteiger partial charge in [-0.1, -0.05) is 26.0 Å². The van der Waals surface area contributed by atoms with Crippen LogP contribution in [0, 0.1) is 0 Å². The summed E-state index contributed by atoms with van der Waals surface area (Å²) in [5.74, 6) is 1.50. The van der Waals surface area contributed by atoms with E-state index >= 15 is 0 Å². The second-order valence-corrected chi connectivity index (χ2v) is 5.19. The van der Waals surface area contributed by atoms with Gasteiger partial charge < -0.3 is 15.0 Å². The van der Waals surface area contributed by atoms with Gasteiger partial charge in [-0.2, -0.15) is 0 Å². The molecule has 0 aliphatic rings. The average molecular weight is 250 g/mol. The molecule has 1 aromatic rings. The van der Waals surface area contributed by atoms with E-state index < -0.39 is 0 Å². The van der Waals surface area contributed by atoms with Crippen LogP contribution in [0.3, 0.4) is 0 Å². The molecule has 1 N–H and O–H groups in total. The fourth-order valence-corrected chi connectivity index (χ4v) is 2.13. The van der Waals surface area contributed by atoms with Crippen molar-refractivity contribution in [2.24, 2.45) is 0 Å². The van der Waals surface area contributed by atoms with Crippen molar-refractivity contribution in [3.8, 4) is 5.75 Å². The summed E-state index contributed by atoms with van der Waals surface area (Å²) in [6, 6.07) is 6.88. The van der Waals surface area contributed by atoms with Crippen molar-refractivity contribution in [1.82, 2.24) is 10.2 Å². The lowest BCUT2D eigenvalue weighted by molar-refractivity contribution is 0.284. The molecule has 3 nitrogen and oxygen atoms in total. The zero-order valence-electron chi connectivity index (χ0n) is 12.4. The fraction of sp³-hybridized carbons (Fsp3) is 0.600. The van der Waals surface area contributed by atoms with Crippen LogP contribution in [0.2, 0.25) is 0 Å². The van der Waals surface area contributed by atoms with E-state index in [2.05, 4.69) is 56.4 Å². The van der Waals surface area contributed by atoms with Crippen LogP contribution in [0.15, 0.2) is 18.2 Å². The van der Waals surface area contributed by atoms with Crippen molar-refractivity contribution in [3.63, 3.8) is 0 Å². The largest absolute Gasteiger partial charge is 0.496 e. The minimum atomic E-state index is 0.325. The van der Waals surface area contributed by atoms with Crippen LogP contribution in [0.4, 0.5) is 0 Å². The predicted molar refractivity (Wildman–Crippen MR) is 77.4 cm³/mol. The van der Waals surface area contributed by atoms with Gasteiger partial charge in [0.2, 0.25) is 0 Å². The maximum absolute atomic E-state index is 5.56. The van der Waals surface area contributed by atoms with Crippen LogP contribution in [0.5, 0.6) is 5.75 Å². The molecule has 0 saturated heterocycles. The van der Waals surface area contributed by atoms with Crippen molar-refractivity contribution >= 4 is 0 Å². The zero-order chi connectivity index (χ0) is 13.7. The number of nitrogens with zero attached hydrogens (tertiary/aromatic N) is 1. The Morgan fingerprint density at radius 3 is 2.39 bits per heavy atom. The standard InChI is InChI=1S/C15H26N2O/c1-11(2)12-7-8-13(15(9-12)18-6)14(10-16-3)17(4)5/h7-9,11,14,16H,10H2,1-6H3. The molecule has 1 unspecified atom stereocenters. The summed E-state index contributed by atoms with van der Waals surface area (Å²) in [5, 5.41) is 3.24. The fourth-order valence-electron chi connectivity index (χ4n) is 2.13. The lowest BCUT2D eigenvalue weighted by Gasteiger charge is -2.26. The van der Waals surface area contributed by atoms with Crippen molar-refractivity contribution < 1.29 is 4.74 Å². The molecule has 0 spiro atoms. The van der Waals surface area contributed by atoms with E-state index in [-0.39, 0.29) is 0 Å². The maximum atomic E-state index is 5.56. The van der Waals surface area contributed by atoms with Crippen molar-refractivity contribution in [1.29, 1.82) is 0 Å². The molecule has 0 aliphatic heterocycles. The molecular formula is C15H26N2O. The highest BCUT2D eigenvalue weighted by Crippen LogP contribution is 2.31. The van der Waals surface area contributed by atoms with Gasteiger partial charge >= 0.3 is 0 Å². The Balaban J connectivity index is 3.13. The molecule has 0 bridgehead atoms. The Bertz CT molecular complexity index is 375. The first kappa shape index (κ1) is 15.0. The minimum absolute atomic E-state index is 0.325. The molecule has 0 radical (unpaired) electrons. The third-order valence-electron chi connectivity index (χ3n) is 3.30. The van der Waals surface area contributed by atoms with Gasteiger partial charge in [0.25, 0.3) is 0 Å². The van der Waals surface area contributed by atoms with Gasteiger partial charge in [-0.3, -0.25) is 0 Å². The average Bonchev–Trinajstić information content (AvgIpc) is 2.34. The molecule has 1 rings (SSSR count). The molecule has 0 saturated carbocycles. The molecule has 0 fully saturated rings. The van der Waals surface area contributed by atoms with Gasteiger partial charge in [0.05, 0.1) is 13.2 Å². The molecule has 18 heavy (non-hydrogen) atoms. The second kappa shape index (κ2) is 6.76. The van der Waals surface area contributed by atoms with Crippen LogP contribution in [-0.2, 0) is 0 Å². The minimum Gasteiger partial charge on any atom is -0.496 e. The summed E-state index contributed by atoms with van der Waals surface area (Å²) in [5.41, 5.74) is 2.55. The SMILES string of the molecule is CNCC(c1ccc(C(C)C)cc1OC)N(C)C. The van der Waals surface area contributed by atoms with Crippen molar-refractivity contribution in [2.45, 2.75) is 25.8 Å². The predicted octanol–water partition coefficient (Wildman–Crippen LogP) is 2.64. The number of methoxy groups -OCH3 is 1. The summed E-state index contributed by atoms with van der Waals surface area (Å²) >= 11 is 0. The quantitative estimate of drug-likeness (QED) is 0.840. The molecule has 0 amide bonds. The van der Waals surface area contributed by atoms with Gasteiger partial charge in [0.15, 0.2) is 0 Å². The number of hydrogen-bond acceptors (Lipinski definition) is 3. The number of ether oxygens (including phenoxy) is 1. The summed E-state index contributed by atoms with van der Waals surface area (Å²) in [7, 11) is 7.91. The van der Waals surface area contributed by atoms with E-state index in [1.54, 1.807) is 7.11 Å². The summed E-state index contributed by atoms with van der Waals surface area (Å²) in [4.78, 5) is 2.21. The number of likely N-dealkylation sites (N-methyl/N-ethyl adjacent to an activating group) is 2. The Labute approximate surface area is 111 Å². The molecule has 1 aromatic carbocycles. The maximum Gasteiger partial charge on any atom is 0.123 e. The highest BCUT2D eigenvalue weighted by atomic mass is 16.5. The second-order valence-electron chi connectivity index (χ2n) is 5.19.